The van der Waals surface area contributed by atoms with Gasteiger partial charge in [0.15, 0.2) is 11.6 Å². The van der Waals surface area contributed by atoms with Crippen molar-refractivity contribution in [2.24, 2.45) is 0 Å². The second kappa shape index (κ2) is 12.7. The van der Waals surface area contributed by atoms with Gasteiger partial charge < -0.3 is 14.0 Å². The summed E-state index contributed by atoms with van der Waals surface area (Å²) in [4.78, 5) is 23.9. The summed E-state index contributed by atoms with van der Waals surface area (Å²) in [7, 11) is 0. The first-order chi connectivity index (χ1) is 26.3. The molecule has 0 saturated heterocycles. The molecule has 0 atom stereocenters. The van der Waals surface area contributed by atoms with Crippen molar-refractivity contribution in [1.82, 2.24) is 34.1 Å². The molecule has 0 aliphatic heterocycles. The molecule has 0 spiro atoms. The second-order valence-electron chi connectivity index (χ2n) is 12.8. The van der Waals surface area contributed by atoms with Crippen LogP contribution in [0.5, 0.6) is 0 Å². The highest BCUT2D eigenvalue weighted by Gasteiger charge is 2.19. The number of rotatable bonds is 7. The molecular weight excluding hydrogens is 653 g/mol. The molecule has 0 radical (unpaired) electrons. The van der Waals surface area contributed by atoms with Crippen LogP contribution < -0.4 is 4.90 Å². The van der Waals surface area contributed by atoms with E-state index in [1.165, 1.54) is 23.4 Å². The Hall–Kier alpha value is -7.45. The third kappa shape index (κ3) is 5.37. The van der Waals surface area contributed by atoms with E-state index in [0.29, 0.717) is 11.6 Å². The first kappa shape index (κ1) is 30.4. The molecule has 10 aromatic rings. The smallest absolute Gasteiger partial charge is 0.162 e. The van der Waals surface area contributed by atoms with Crippen LogP contribution in [0, 0.1) is 0 Å². The van der Waals surface area contributed by atoms with Gasteiger partial charge in [0.2, 0.25) is 0 Å². The van der Waals surface area contributed by atoms with Crippen LogP contribution in [0.15, 0.2) is 183 Å². The summed E-state index contributed by atoms with van der Waals surface area (Å²) in [6, 6.07) is 53.3. The minimum atomic E-state index is 0.632. The van der Waals surface area contributed by atoms with Crippen molar-refractivity contribution in [3.8, 4) is 34.2 Å². The highest BCUT2D eigenvalue weighted by molar-refractivity contribution is 6.14. The first-order valence-corrected chi connectivity index (χ1v) is 17.4. The fourth-order valence-corrected chi connectivity index (χ4v) is 7.25. The van der Waals surface area contributed by atoms with Gasteiger partial charge in [-0.3, -0.25) is 0 Å². The van der Waals surface area contributed by atoms with Gasteiger partial charge in [0.25, 0.3) is 0 Å². The molecule has 0 bridgehead atoms. The standard InChI is InChI=1S/C45H30N8/c1-3-8-34(9-4-1)51-25-22-33-26-43-40(28-42(33)51)39-27-38(20-21-41(39)53(43)35-10-5-2-6-11-35)52(36-16-12-31(13-17-36)44-47-23-7-24-48-44)37-18-14-32(15-19-37)45-49-29-46-30-50-45/h1-30H. The molecule has 0 N–H and O–H groups in total. The maximum absolute atomic E-state index is 4.47. The largest absolute Gasteiger partial charge is 0.317 e. The number of nitrogens with zero attached hydrogens (tertiary/aromatic N) is 8. The molecule has 8 heteroatoms. The predicted octanol–water partition coefficient (Wildman–Crippen LogP) is 10.5. The molecule has 4 heterocycles. The lowest BCUT2D eigenvalue weighted by Gasteiger charge is -2.26. The van der Waals surface area contributed by atoms with Gasteiger partial charge in [-0.15, -0.1) is 0 Å². The average molecular weight is 683 g/mol. The zero-order chi connectivity index (χ0) is 35.1. The van der Waals surface area contributed by atoms with Crippen molar-refractivity contribution >= 4 is 49.8 Å². The molecule has 0 aliphatic rings. The predicted molar refractivity (Wildman–Crippen MR) is 212 cm³/mol. The van der Waals surface area contributed by atoms with Crippen LogP contribution in [0.3, 0.4) is 0 Å². The Bertz CT molecular complexity index is 2770. The van der Waals surface area contributed by atoms with Crippen molar-refractivity contribution in [3.63, 3.8) is 0 Å². The van der Waals surface area contributed by atoms with Gasteiger partial charge >= 0.3 is 0 Å². The molecule has 8 nitrogen and oxygen atoms in total. The van der Waals surface area contributed by atoms with Gasteiger partial charge in [-0.05, 0) is 115 Å². The zero-order valence-corrected chi connectivity index (χ0v) is 28.4. The van der Waals surface area contributed by atoms with Gasteiger partial charge in [0.1, 0.15) is 12.7 Å². The van der Waals surface area contributed by atoms with Crippen LogP contribution in [0.25, 0.3) is 66.9 Å². The number of hydrogen-bond acceptors (Lipinski definition) is 6. The Kier molecular flexibility index (Phi) is 7.28. The Balaban J connectivity index is 1.18. The molecule has 0 fully saturated rings. The summed E-state index contributed by atoms with van der Waals surface area (Å²) in [5.74, 6) is 1.32. The fraction of sp³-hybridized carbons (Fsp3) is 0. The summed E-state index contributed by atoms with van der Waals surface area (Å²) in [5, 5.41) is 3.52. The summed E-state index contributed by atoms with van der Waals surface area (Å²) < 4.78 is 4.64. The maximum Gasteiger partial charge on any atom is 0.162 e. The Morgan fingerprint density at radius 3 is 1.68 bits per heavy atom. The number of aromatic nitrogens is 7. The van der Waals surface area contributed by atoms with E-state index in [4.69, 9.17) is 0 Å². The van der Waals surface area contributed by atoms with Crippen LogP contribution >= 0.6 is 0 Å². The van der Waals surface area contributed by atoms with Crippen molar-refractivity contribution in [2.75, 3.05) is 4.90 Å². The molecule has 53 heavy (non-hydrogen) atoms. The van der Waals surface area contributed by atoms with Crippen molar-refractivity contribution in [1.29, 1.82) is 0 Å². The molecule has 0 amide bonds. The Labute approximate surface area is 305 Å². The fourth-order valence-electron chi connectivity index (χ4n) is 7.25. The van der Waals surface area contributed by atoms with E-state index in [-0.39, 0.29) is 0 Å². The van der Waals surface area contributed by atoms with Crippen LogP contribution in [0.1, 0.15) is 0 Å². The lowest BCUT2D eigenvalue weighted by Crippen LogP contribution is -2.10. The molecule has 6 aromatic carbocycles. The molecule has 0 unspecified atom stereocenters. The van der Waals surface area contributed by atoms with Crippen LogP contribution in [0.4, 0.5) is 17.1 Å². The van der Waals surface area contributed by atoms with Crippen LogP contribution in [0.2, 0.25) is 0 Å². The monoisotopic (exact) mass is 682 g/mol. The summed E-state index contributed by atoms with van der Waals surface area (Å²) in [5.41, 5.74) is 10.6. The van der Waals surface area contributed by atoms with Gasteiger partial charge in [-0.2, -0.15) is 0 Å². The zero-order valence-electron chi connectivity index (χ0n) is 28.4. The molecule has 0 aliphatic carbocycles. The summed E-state index contributed by atoms with van der Waals surface area (Å²) in [6.07, 6.45) is 8.73. The molecule has 10 rings (SSSR count). The summed E-state index contributed by atoms with van der Waals surface area (Å²) in [6.45, 7) is 0. The molecular formula is C45H30N8. The Morgan fingerprint density at radius 2 is 1.02 bits per heavy atom. The third-order valence-electron chi connectivity index (χ3n) is 9.69. The third-order valence-corrected chi connectivity index (χ3v) is 9.69. The number of benzene rings is 6. The normalized spacial score (nSPS) is 11.4. The number of anilines is 3. The summed E-state index contributed by atoms with van der Waals surface area (Å²) >= 11 is 0. The highest BCUT2D eigenvalue weighted by Crippen LogP contribution is 2.41. The number of para-hydroxylation sites is 2. The van der Waals surface area contributed by atoms with E-state index in [0.717, 1.165) is 61.5 Å². The van der Waals surface area contributed by atoms with Gasteiger partial charge in [0, 0.05) is 74.3 Å². The lowest BCUT2D eigenvalue weighted by atomic mass is 10.1. The van der Waals surface area contributed by atoms with E-state index >= 15 is 0 Å². The lowest BCUT2D eigenvalue weighted by molar-refractivity contribution is 1.06. The van der Waals surface area contributed by atoms with Crippen molar-refractivity contribution in [2.45, 2.75) is 0 Å². The van der Waals surface area contributed by atoms with E-state index < -0.39 is 0 Å². The quantitative estimate of drug-likeness (QED) is 0.167. The minimum Gasteiger partial charge on any atom is -0.317 e. The highest BCUT2D eigenvalue weighted by atomic mass is 15.1. The van der Waals surface area contributed by atoms with Gasteiger partial charge in [0.05, 0.1) is 16.6 Å². The van der Waals surface area contributed by atoms with E-state index in [2.05, 4.69) is 191 Å². The SMILES string of the molecule is c1ccc(-n2ccc3cc4c(cc32)c2cc(N(c3ccc(-c5ncccn5)cc3)c3ccc(-c5ncncn5)cc3)ccc2n4-c2ccccc2)cc1. The molecule has 4 aromatic heterocycles. The van der Waals surface area contributed by atoms with Gasteiger partial charge in [-0.25, -0.2) is 24.9 Å². The van der Waals surface area contributed by atoms with Crippen LogP contribution in [-0.2, 0) is 0 Å². The number of hydrogen-bond donors (Lipinski definition) is 0. The molecule has 0 saturated carbocycles. The topological polar surface area (TPSA) is 77.6 Å². The number of fused-ring (bicyclic) bond motifs is 4. The average Bonchev–Trinajstić information content (AvgIpc) is 3.80. The minimum absolute atomic E-state index is 0.632. The van der Waals surface area contributed by atoms with Crippen LogP contribution in [-0.4, -0.2) is 34.1 Å². The van der Waals surface area contributed by atoms with Crippen molar-refractivity contribution < 1.29 is 0 Å². The molecule has 250 valence electrons. The maximum atomic E-state index is 4.47. The second-order valence-corrected chi connectivity index (χ2v) is 12.8. The van der Waals surface area contributed by atoms with E-state index in [1.54, 1.807) is 12.4 Å². The van der Waals surface area contributed by atoms with E-state index in [9.17, 15) is 0 Å². The van der Waals surface area contributed by atoms with Crippen molar-refractivity contribution in [3.05, 3.63) is 183 Å². The Morgan fingerprint density at radius 1 is 0.434 bits per heavy atom. The first-order valence-electron chi connectivity index (χ1n) is 17.4. The van der Waals surface area contributed by atoms with Gasteiger partial charge in [-0.1, -0.05) is 36.4 Å². The van der Waals surface area contributed by atoms with E-state index in [1.807, 2.05) is 6.07 Å².